The Bertz CT molecular complexity index is 1220. The summed E-state index contributed by atoms with van der Waals surface area (Å²) in [4.78, 5) is 55.9. The highest BCUT2D eigenvalue weighted by atomic mass is 127. The number of halogens is 1. The van der Waals surface area contributed by atoms with Crippen LogP contribution in [0, 0.1) is 9.49 Å². The molecule has 0 aliphatic carbocycles. The number of unbranched alkanes of at least 4 members (excludes halogenated alkanes) is 24. The van der Waals surface area contributed by atoms with Crippen LogP contribution in [0.5, 0.6) is 0 Å². The van der Waals surface area contributed by atoms with Gasteiger partial charge in [-0.05, 0) is 35.4 Å². The fraction of sp³-hybridized carbons (Fsp3) is 0.854. The minimum atomic E-state index is -2.14. The minimum Gasteiger partial charge on any atom is -0.394 e. The number of H-pyrrole nitrogens is 1. The van der Waals surface area contributed by atoms with Gasteiger partial charge in [-0.1, -0.05) is 168 Å². The van der Waals surface area contributed by atoms with Crippen molar-refractivity contribution in [2.75, 3.05) is 6.61 Å². The first-order valence-corrected chi connectivity index (χ1v) is 21.9. The molecule has 294 valence electrons. The topological polar surface area (TPSA) is 139 Å². The predicted molar refractivity (Wildman–Crippen MR) is 214 cm³/mol. The van der Waals surface area contributed by atoms with Crippen LogP contribution < -0.4 is 11.2 Å². The number of hydrogen-bond donors (Lipinski definition) is 3. The Balaban J connectivity index is 1.96. The van der Waals surface area contributed by atoms with E-state index in [-0.39, 0.29) is 22.2 Å². The van der Waals surface area contributed by atoms with Gasteiger partial charge in [0, 0.05) is 19.0 Å². The minimum absolute atomic E-state index is 0.0489. The summed E-state index contributed by atoms with van der Waals surface area (Å²) in [5, 5.41) is 21.4. The zero-order valence-electron chi connectivity index (χ0n) is 32.1. The molecule has 9 nitrogen and oxygen atoms in total. The van der Waals surface area contributed by atoms with Gasteiger partial charge < -0.3 is 14.9 Å². The van der Waals surface area contributed by atoms with Crippen molar-refractivity contribution >= 4 is 34.2 Å². The van der Waals surface area contributed by atoms with Gasteiger partial charge >= 0.3 is 5.69 Å². The first-order valence-electron chi connectivity index (χ1n) is 20.8. The van der Waals surface area contributed by atoms with E-state index in [0.717, 1.165) is 43.1 Å². The summed E-state index contributed by atoms with van der Waals surface area (Å²) in [5.74, 6) is -2.23. The molecule has 1 aliphatic rings. The van der Waals surface area contributed by atoms with E-state index >= 15 is 0 Å². The summed E-state index contributed by atoms with van der Waals surface area (Å²) in [7, 11) is 0. The molecular weight excluding hydrogens is 759 g/mol. The number of aromatic amines is 1. The van der Waals surface area contributed by atoms with Crippen LogP contribution in [0.15, 0.2) is 15.8 Å². The number of nitrogens with one attached hydrogen (secondary N) is 1. The highest BCUT2D eigenvalue weighted by Crippen LogP contribution is 2.43. The molecule has 0 radical (unpaired) electrons. The van der Waals surface area contributed by atoms with Crippen LogP contribution in [0.4, 0.5) is 0 Å². The second-order valence-corrected chi connectivity index (χ2v) is 16.1. The summed E-state index contributed by atoms with van der Waals surface area (Å²) in [6.45, 7) is 3.86. The lowest BCUT2D eigenvalue weighted by Crippen LogP contribution is -2.56. The maximum atomic E-state index is 14.2. The third kappa shape index (κ3) is 15.9. The van der Waals surface area contributed by atoms with E-state index in [2.05, 4.69) is 18.8 Å². The van der Waals surface area contributed by atoms with E-state index in [9.17, 15) is 29.4 Å². The van der Waals surface area contributed by atoms with Crippen molar-refractivity contribution < 1.29 is 24.5 Å². The molecule has 0 unspecified atom stereocenters. The number of hydrogen-bond acceptors (Lipinski definition) is 7. The van der Waals surface area contributed by atoms with E-state index in [4.69, 9.17) is 4.74 Å². The molecule has 2 rings (SSSR count). The average Bonchev–Trinajstić information content (AvgIpc) is 3.42. The predicted octanol–water partition coefficient (Wildman–Crippen LogP) is 9.26. The molecular formula is C41H71IN2O7. The van der Waals surface area contributed by atoms with Gasteiger partial charge in [-0.15, -0.1) is 0 Å². The second-order valence-electron chi connectivity index (χ2n) is 15.0. The van der Waals surface area contributed by atoms with Crippen molar-refractivity contribution in [3.05, 3.63) is 30.6 Å². The van der Waals surface area contributed by atoms with Crippen LogP contribution in [0.25, 0.3) is 0 Å². The molecule has 51 heavy (non-hydrogen) atoms. The highest BCUT2D eigenvalue weighted by molar-refractivity contribution is 14.1. The van der Waals surface area contributed by atoms with Crippen LogP contribution in [0.1, 0.15) is 194 Å². The molecule has 0 saturated carbocycles. The molecule has 0 amide bonds. The largest absolute Gasteiger partial charge is 0.394 e. The molecule has 1 fully saturated rings. The van der Waals surface area contributed by atoms with Crippen molar-refractivity contribution in [1.29, 1.82) is 0 Å². The van der Waals surface area contributed by atoms with E-state index in [1.165, 1.54) is 122 Å². The monoisotopic (exact) mass is 830 g/mol. The summed E-state index contributed by atoms with van der Waals surface area (Å²) in [5.41, 5.74) is -3.63. The molecule has 4 atom stereocenters. The summed E-state index contributed by atoms with van der Waals surface area (Å²) >= 11 is 1.78. The van der Waals surface area contributed by atoms with Gasteiger partial charge in [-0.2, -0.15) is 0 Å². The van der Waals surface area contributed by atoms with Crippen molar-refractivity contribution in [3.63, 3.8) is 0 Å². The van der Waals surface area contributed by atoms with Crippen LogP contribution in [0.2, 0.25) is 0 Å². The second kappa shape index (κ2) is 27.2. The third-order valence-corrected chi connectivity index (χ3v) is 11.5. The molecule has 2 heterocycles. The molecule has 0 aromatic carbocycles. The van der Waals surface area contributed by atoms with Crippen molar-refractivity contribution in [1.82, 2.24) is 9.55 Å². The quantitative estimate of drug-likeness (QED) is 0.0486. The average molecular weight is 831 g/mol. The van der Waals surface area contributed by atoms with Crippen molar-refractivity contribution in [2.24, 2.45) is 5.92 Å². The first-order chi connectivity index (χ1) is 24.7. The Kier molecular flexibility index (Phi) is 24.5. The van der Waals surface area contributed by atoms with Gasteiger partial charge in [0.25, 0.3) is 5.56 Å². The zero-order chi connectivity index (χ0) is 37.3. The standard InChI is InChI=1S/C41H71IN2O7/c1-3-5-7-9-11-13-15-17-19-21-23-25-27-29-34(46)37-38(48)35(32-45)51-41(37,44-31-33(42)39(49)43-40(44)50)36(47)30-28-26-24-22-20-18-16-14-12-10-8-6-4-2/h31,35,37-38,45,48H,3-30,32H2,1-2H3,(H,43,49,50)/t35-,37-,38-,41-/m1/s1. The molecule has 1 saturated heterocycles. The van der Waals surface area contributed by atoms with Gasteiger partial charge in [0.05, 0.1) is 16.3 Å². The lowest BCUT2D eigenvalue weighted by atomic mass is 9.81. The van der Waals surface area contributed by atoms with Crippen LogP contribution in [-0.2, 0) is 20.1 Å². The number of nitrogens with zero attached hydrogens (tertiary/aromatic N) is 1. The summed E-state index contributed by atoms with van der Waals surface area (Å²) in [6.07, 6.45) is 28.9. The van der Waals surface area contributed by atoms with E-state index in [1.807, 2.05) is 0 Å². The van der Waals surface area contributed by atoms with Gasteiger partial charge in [0.1, 0.15) is 17.8 Å². The number of aliphatic hydroxyl groups is 2. The van der Waals surface area contributed by atoms with Crippen molar-refractivity contribution in [2.45, 2.75) is 212 Å². The number of aromatic nitrogens is 2. The lowest BCUT2D eigenvalue weighted by molar-refractivity contribution is -0.172. The smallest absolute Gasteiger partial charge is 0.331 e. The van der Waals surface area contributed by atoms with Crippen LogP contribution >= 0.6 is 22.6 Å². The third-order valence-electron chi connectivity index (χ3n) is 10.7. The molecule has 1 aromatic heterocycles. The lowest BCUT2D eigenvalue weighted by Gasteiger charge is -2.34. The highest BCUT2D eigenvalue weighted by Gasteiger charge is 2.62. The molecule has 3 N–H and O–H groups in total. The fourth-order valence-electron chi connectivity index (χ4n) is 7.60. The Morgan fingerprint density at radius 1 is 0.706 bits per heavy atom. The number of aliphatic hydroxyl groups excluding tert-OH is 2. The Morgan fingerprint density at radius 2 is 1.10 bits per heavy atom. The molecule has 0 bridgehead atoms. The molecule has 10 heteroatoms. The normalized spacial score (nSPS) is 20.3. The maximum absolute atomic E-state index is 14.2. The molecule has 1 aliphatic heterocycles. The first kappa shape index (κ1) is 45.8. The fourth-order valence-corrected chi connectivity index (χ4v) is 8.02. The van der Waals surface area contributed by atoms with E-state index < -0.39 is 47.5 Å². The van der Waals surface area contributed by atoms with Crippen LogP contribution in [-0.4, -0.2) is 50.1 Å². The number of carbonyl (C=O) groups is 2. The number of ether oxygens (including phenoxy) is 1. The Morgan fingerprint density at radius 3 is 1.51 bits per heavy atom. The van der Waals surface area contributed by atoms with Gasteiger partial charge in [-0.25, -0.2) is 4.79 Å². The number of Topliss-reactive ketones (excluding diaryl/α,β-unsaturated/α-hetero) is 2. The maximum Gasteiger partial charge on any atom is 0.331 e. The molecule has 1 aromatic rings. The number of carbonyl (C=O) groups excluding carboxylic acids is 2. The zero-order valence-corrected chi connectivity index (χ0v) is 34.2. The summed E-state index contributed by atoms with van der Waals surface area (Å²) in [6, 6.07) is 0. The van der Waals surface area contributed by atoms with Gasteiger partial charge in [0.2, 0.25) is 5.72 Å². The Hall–Kier alpha value is -1.37. The Labute approximate surface area is 321 Å². The summed E-state index contributed by atoms with van der Waals surface area (Å²) < 4.78 is 7.26. The van der Waals surface area contributed by atoms with Gasteiger partial charge in [0.15, 0.2) is 5.78 Å². The number of rotatable bonds is 32. The van der Waals surface area contributed by atoms with Gasteiger partial charge in [-0.3, -0.25) is 23.9 Å². The molecule has 0 spiro atoms. The number of ketones is 2. The SMILES string of the molecule is CCCCCCCCCCCCCCCC(=O)[C@@H]1[C@H](O)[C@@H](CO)O[C@@]1(C(=O)CCCCCCCCCCCCCCC)n1cc(I)c(=O)[nH]c1=O. The van der Waals surface area contributed by atoms with Crippen molar-refractivity contribution in [3.8, 4) is 0 Å². The van der Waals surface area contributed by atoms with E-state index in [0.29, 0.717) is 12.8 Å². The van der Waals surface area contributed by atoms with E-state index in [1.54, 1.807) is 22.6 Å². The van der Waals surface area contributed by atoms with Crippen LogP contribution in [0.3, 0.4) is 0 Å².